The minimum absolute atomic E-state index is 0.195. The van der Waals surface area contributed by atoms with Crippen LogP contribution in [-0.2, 0) is 0 Å². The highest BCUT2D eigenvalue weighted by molar-refractivity contribution is 7.07. The normalized spacial score (nSPS) is 10.8. The largest absolute Gasteiger partial charge is 0.290 e. The number of thiazole rings is 1. The van der Waals surface area contributed by atoms with E-state index in [9.17, 15) is 9.18 Å². The van der Waals surface area contributed by atoms with Gasteiger partial charge in [-0.15, -0.1) is 11.3 Å². The fourth-order valence-corrected chi connectivity index (χ4v) is 1.87. The molecule has 4 nitrogen and oxygen atoms in total. The van der Waals surface area contributed by atoms with Gasteiger partial charge in [-0.3, -0.25) is 4.79 Å². The van der Waals surface area contributed by atoms with Crippen molar-refractivity contribution >= 4 is 35.1 Å². The highest BCUT2D eigenvalue weighted by Crippen LogP contribution is 2.12. The number of benzene rings is 1. The van der Waals surface area contributed by atoms with Crippen molar-refractivity contribution in [1.82, 2.24) is 10.4 Å². The molecule has 0 fully saturated rings. The van der Waals surface area contributed by atoms with Crippen LogP contribution in [0.15, 0.2) is 34.2 Å². The topological polar surface area (TPSA) is 54.4 Å². The van der Waals surface area contributed by atoms with Gasteiger partial charge >= 0.3 is 0 Å². The molecule has 0 saturated carbocycles. The monoisotopic (exact) mass is 283 g/mol. The van der Waals surface area contributed by atoms with Gasteiger partial charge in [0.2, 0.25) is 0 Å². The molecule has 0 aliphatic rings. The van der Waals surface area contributed by atoms with Gasteiger partial charge in [0.15, 0.2) is 0 Å². The van der Waals surface area contributed by atoms with E-state index in [0.717, 1.165) is 0 Å². The van der Waals surface area contributed by atoms with Crippen LogP contribution in [0.1, 0.15) is 16.1 Å². The summed E-state index contributed by atoms with van der Waals surface area (Å²) in [6.45, 7) is 0. The molecule has 7 heteroatoms. The standard InChI is InChI=1S/C11H7ClFN3OS/c12-8-1-2-9(13)7(3-8)4-15-16-11(17)10-5-18-6-14-10/h1-6H,(H,16,17). The zero-order chi connectivity index (χ0) is 13.0. The first-order valence-corrected chi connectivity index (χ1v) is 6.15. The van der Waals surface area contributed by atoms with Crippen LogP contribution in [0.3, 0.4) is 0 Å². The number of carbonyl (C=O) groups is 1. The third kappa shape index (κ3) is 3.12. The molecule has 1 aromatic carbocycles. The fraction of sp³-hybridized carbons (Fsp3) is 0. The molecular formula is C11H7ClFN3OS. The summed E-state index contributed by atoms with van der Waals surface area (Å²) in [5, 5.41) is 5.62. The van der Waals surface area contributed by atoms with E-state index in [0.29, 0.717) is 5.02 Å². The third-order valence-electron chi connectivity index (χ3n) is 1.99. The number of nitrogens with zero attached hydrogens (tertiary/aromatic N) is 2. The molecule has 1 aromatic heterocycles. The molecule has 0 saturated heterocycles. The van der Waals surface area contributed by atoms with Gasteiger partial charge in [-0.1, -0.05) is 11.6 Å². The van der Waals surface area contributed by atoms with Crippen molar-refractivity contribution in [3.63, 3.8) is 0 Å². The van der Waals surface area contributed by atoms with Gasteiger partial charge in [-0.2, -0.15) is 5.10 Å². The van der Waals surface area contributed by atoms with Crippen molar-refractivity contribution in [1.29, 1.82) is 0 Å². The zero-order valence-corrected chi connectivity index (χ0v) is 10.5. The molecule has 0 spiro atoms. The third-order valence-corrected chi connectivity index (χ3v) is 2.81. The molecule has 0 unspecified atom stereocenters. The van der Waals surface area contributed by atoms with E-state index in [1.165, 1.54) is 41.3 Å². The Kier molecular flexibility index (Phi) is 4.01. The van der Waals surface area contributed by atoms with Crippen LogP contribution in [0.2, 0.25) is 5.02 Å². The Morgan fingerprint density at radius 2 is 2.39 bits per heavy atom. The molecule has 92 valence electrons. The van der Waals surface area contributed by atoms with Crippen molar-refractivity contribution in [2.24, 2.45) is 5.10 Å². The van der Waals surface area contributed by atoms with Gasteiger partial charge in [0.1, 0.15) is 11.5 Å². The summed E-state index contributed by atoms with van der Waals surface area (Å²) in [4.78, 5) is 15.3. The summed E-state index contributed by atoms with van der Waals surface area (Å²) in [6.07, 6.45) is 1.19. The number of nitrogens with one attached hydrogen (secondary N) is 1. The van der Waals surface area contributed by atoms with E-state index in [-0.39, 0.29) is 11.3 Å². The maximum Gasteiger partial charge on any atom is 0.290 e. The summed E-state index contributed by atoms with van der Waals surface area (Å²) >= 11 is 7.02. The highest BCUT2D eigenvalue weighted by atomic mass is 35.5. The Labute approximate surface area is 111 Å². The SMILES string of the molecule is O=C(NN=Cc1cc(Cl)ccc1F)c1cscn1. The number of rotatable bonds is 3. The van der Waals surface area contributed by atoms with E-state index in [4.69, 9.17) is 11.6 Å². The molecule has 0 aliphatic heterocycles. The summed E-state index contributed by atoms with van der Waals surface area (Å²) in [5.74, 6) is -0.916. The number of aromatic nitrogens is 1. The van der Waals surface area contributed by atoms with Gasteiger partial charge in [0.25, 0.3) is 5.91 Å². The maximum absolute atomic E-state index is 13.3. The first kappa shape index (κ1) is 12.7. The smallest absolute Gasteiger partial charge is 0.266 e. The lowest BCUT2D eigenvalue weighted by molar-refractivity contribution is 0.0951. The Balaban J connectivity index is 2.03. The van der Waals surface area contributed by atoms with Crippen LogP contribution in [0, 0.1) is 5.82 Å². The van der Waals surface area contributed by atoms with Gasteiger partial charge in [-0.05, 0) is 18.2 Å². The number of hydrogen-bond donors (Lipinski definition) is 1. The average Bonchev–Trinajstić information content (AvgIpc) is 2.87. The maximum atomic E-state index is 13.3. The first-order chi connectivity index (χ1) is 8.66. The first-order valence-electron chi connectivity index (χ1n) is 4.83. The fourth-order valence-electron chi connectivity index (χ4n) is 1.16. The summed E-state index contributed by atoms with van der Waals surface area (Å²) in [5.41, 5.74) is 4.24. The van der Waals surface area contributed by atoms with Crippen molar-refractivity contribution in [2.45, 2.75) is 0 Å². The van der Waals surface area contributed by atoms with Crippen LogP contribution in [0.25, 0.3) is 0 Å². The van der Waals surface area contributed by atoms with Gasteiger partial charge in [0, 0.05) is 16.0 Å². The molecule has 18 heavy (non-hydrogen) atoms. The quantitative estimate of drug-likeness (QED) is 0.695. The van der Waals surface area contributed by atoms with E-state index in [1.54, 1.807) is 5.38 Å². The predicted octanol–water partition coefficient (Wildman–Crippen LogP) is 2.70. The average molecular weight is 284 g/mol. The lowest BCUT2D eigenvalue weighted by Crippen LogP contribution is -2.17. The number of amides is 1. The zero-order valence-electron chi connectivity index (χ0n) is 8.93. The van der Waals surface area contributed by atoms with Crippen LogP contribution < -0.4 is 5.43 Å². The van der Waals surface area contributed by atoms with Crippen molar-refractivity contribution in [3.05, 3.63) is 51.2 Å². The van der Waals surface area contributed by atoms with Crippen molar-refractivity contribution in [2.75, 3.05) is 0 Å². The Morgan fingerprint density at radius 1 is 1.56 bits per heavy atom. The van der Waals surface area contributed by atoms with E-state index >= 15 is 0 Å². The Morgan fingerprint density at radius 3 is 3.11 bits per heavy atom. The van der Waals surface area contributed by atoms with Crippen LogP contribution in [-0.4, -0.2) is 17.1 Å². The number of hydrazone groups is 1. The number of carbonyl (C=O) groups excluding carboxylic acids is 1. The molecule has 0 atom stereocenters. The highest BCUT2D eigenvalue weighted by Gasteiger charge is 2.05. The number of hydrogen-bond acceptors (Lipinski definition) is 4. The van der Waals surface area contributed by atoms with Crippen LogP contribution >= 0.6 is 22.9 Å². The molecular weight excluding hydrogens is 277 g/mol. The van der Waals surface area contributed by atoms with E-state index in [2.05, 4.69) is 15.5 Å². The summed E-state index contributed by atoms with van der Waals surface area (Å²) in [6, 6.07) is 4.07. The number of halogens is 2. The van der Waals surface area contributed by atoms with Crippen LogP contribution in [0.5, 0.6) is 0 Å². The molecule has 0 bridgehead atoms. The molecule has 2 rings (SSSR count). The van der Waals surface area contributed by atoms with Gasteiger partial charge < -0.3 is 0 Å². The second-order valence-electron chi connectivity index (χ2n) is 3.24. The van der Waals surface area contributed by atoms with Gasteiger partial charge in [-0.25, -0.2) is 14.8 Å². The van der Waals surface area contributed by atoms with E-state index < -0.39 is 11.7 Å². The van der Waals surface area contributed by atoms with Crippen molar-refractivity contribution in [3.8, 4) is 0 Å². The predicted molar refractivity (Wildman–Crippen MR) is 68.6 cm³/mol. The van der Waals surface area contributed by atoms with Gasteiger partial charge in [0.05, 0.1) is 11.7 Å². The Bertz CT molecular complexity index is 586. The summed E-state index contributed by atoms with van der Waals surface area (Å²) < 4.78 is 13.3. The molecule has 1 amide bonds. The molecule has 0 radical (unpaired) electrons. The molecule has 1 heterocycles. The lowest BCUT2D eigenvalue weighted by Gasteiger charge is -1.98. The molecule has 1 N–H and O–H groups in total. The molecule has 0 aliphatic carbocycles. The molecule has 2 aromatic rings. The second-order valence-corrected chi connectivity index (χ2v) is 4.39. The Hall–Kier alpha value is -1.79. The van der Waals surface area contributed by atoms with Crippen molar-refractivity contribution < 1.29 is 9.18 Å². The minimum Gasteiger partial charge on any atom is -0.266 e. The second kappa shape index (κ2) is 5.70. The van der Waals surface area contributed by atoms with E-state index in [1.807, 2.05) is 0 Å². The summed E-state index contributed by atoms with van der Waals surface area (Å²) in [7, 11) is 0. The minimum atomic E-state index is -0.467. The lowest BCUT2D eigenvalue weighted by atomic mass is 10.2. The van der Waals surface area contributed by atoms with Crippen LogP contribution in [0.4, 0.5) is 4.39 Å².